The van der Waals surface area contributed by atoms with Crippen LogP contribution in [0.2, 0.25) is 0 Å². The molecule has 0 aliphatic carbocycles. The summed E-state index contributed by atoms with van der Waals surface area (Å²) in [7, 11) is 0. The quantitative estimate of drug-likeness (QED) is 0.201. The number of piperazine rings is 1. The topological polar surface area (TPSA) is 155 Å². The number of hydrogen-bond donors (Lipinski definition) is 3. The summed E-state index contributed by atoms with van der Waals surface area (Å²) >= 11 is 0. The highest BCUT2D eigenvalue weighted by atomic mass is 16.7. The molecule has 1 amide bonds. The van der Waals surface area contributed by atoms with Gasteiger partial charge < -0.3 is 29.9 Å². The number of carboxylic acid groups (broad SMARTS) is 1. The molecule has 0 spiro atoms. The number of hydrogen-bond acceptors (Lipinski definition) is 9. The minimum atomic E-state index is -1.01. The molecule has 2 aliphatic heterocycles. The Bertz CT molecular complexity index is 1440. The third-order valence-electron chi connectivity index (χ3n) is 8.18. The minimum Gasteiger partial charge on any atom is -0.481 e. The van der Waals surface area contributed by atoms with Crippen LogP contribution in [0.4, 0.5) is 11.4 Å². The lowest BCUT2D eigenvalue weighted by Gasteiger charge is -2.41. The molecule has 3 N–H and O–H groups in total. The van der Waals surface area contributed by atoms with Crippen molar-refractivity contribution >= 4 is 23.3 Å². The number of carbonyl (C=O) groups is 2. The van der Waals surface area contributed by atoms with Crippen LogP contribution in [0.25, 0.3) is 0 Å². The van der Waals surface area contributed by atoms with Crippen molar-refractivity contribution in [2.75, 3.05) is 37.6 Å². The van der Waals surface area contributed by atoms with Crippen molar-refractivity contribution in [2.45, 2.75) is 50.9 Å². The van der Waals surface area contributed by atoms with Gasteiger partial charge in [-0.25, -0.2) is 0 Å². The molecule has 5 rings (SSSR count). The number of benzene rings is 3. The summed E-state index contributed by atoms with van der Waals surface area (Å²) in [6, 6.07) is 22.1. The molecular weight excluding hydrogens is 580 g/mol. The number of amides is 1. The molecular formula is C33H38N4O8. The maximum Gasteiger partial charge on any atom is 0.303 e. The zero-order chi connectivity index (χ0) is 31.8. The molecule has 0 bridgehead atoms. The molecule has 0 unspecified atom stereocenters. The third-order valence-corrected chi connectivity index (χ3v) is 8.18. The van der Waals surface area contributed by atoms with Crippen LogP contribution in [-0.4, -0.2) is 70.7 Å². The van der Waals surface area contributed by atoms with E-state index in [2.05, 4.69) is 15.1 Å². The molecule has 2 aliphatic rings. The van der Waals surface area contributed by atoms with Crippen LogP contribution in [0.15, 0.2) is 72.8 Å². The number of aliphatic carboxylic acids is 1. The van der Waals surface area contributed by atoms with Crippen LogP contribution in [0, 0.1) is 10.1 Å². The Kier molecular flexibility index (Phi) is 10.7. The zero-order valence-corrected chi connectivity index (χ0v) is 24.9. The van der Waals surface area contributed by atoms with Gasteiger partial charge in [-0.05, 0) is 28.8 Å². The predicted octanol–water partition coefficient (Wildman–Crippen LogP) is 3.94. The molecule has 3 aromatic rings. The number of non-ortho nitro benzene ring substituents is 1. The Morgan fingerprint density at radius 2 is 1.51 bits per heavy atom. The summed E-state index contributed by atoms with van der Waals surface area (Å²) in [5.41, 5.74) is 4.61. The van der Waals surface area contributed by atoms with Gasteiger partial charge >= 0.3 is 5.97 Å². The lowest BCUT2D eigenvalue weighted by Crippen LogP contribution is -2.49. The Hall–Kier alpha value is -4.36. The van der Waals surface area contributed by atoms with Crippen LogP contribution in [-0.2, 0) is 32.2 Å². The average molecular weight is 619 g/mol. The lowest BCUT2D eigenvalue weighted by atomic mass is 9.99. The summed E-state index contributed by atoms with van der Waals surface area (Å²) in [4.78, 5) is 37.8. The van der Waals surface area contributed by atoms with Gasteiger partial charge in [0.05, 0.1) is 30.2 Å². The maximum absolute atomic E-state index is 11.9. The molecule has 0 saturated carbocycles. The number of rotatable bonds is 12. The van der Waals surface area contributed by atoms with Crippen LogP contribution in [0.1, 0.15) is 53.9 Å². The number of nitro groups is 1. The highest BCUT2D eigenvalue weighted by molar-refractivity contribution is 5.80. The van der Waals surface area contributed by atoms with E-state index in [0.29, 0.717) is 13.0 Å². The fourth-order valence-electron chi connectivity index (χ4n) is 5.60. The van der Waals surface area contributed by atoms with Gasteiger partial charge in [0.25, 0.3) is 5.69 Å². The molecule has 0 aromatic heterocycles. The van der Waals surface area contributed by atoms with Gasteiger partial charge in [0.2, 0.25) is 5.91 Å². The Morgan fingerprint density at radius 3 is 2.13 bits per heavy atom. The number of carboxylic acids is 1. The monoisotopic (exact) mass is 618 g/mol. The van der Waals surface area contributed by atoms with Gasteiger partial charge in [-0.3, -0.25) is 24.6 Å². The number of aliphatic hydroxyl groups is 1. The van der Waals surface area contributed by atoms with Crippen LogP contribution >= 0.6 is 0 Å². The Labute approximate surface area is 261 Å². The molecule has 3 atom stereocenters. The molecule has 2 saturated heterocycles. The minimum absolute atomic E-state index is 0.0294. The SMILES string of the molecule is O=C(O)CCC(=O)NCc1ccc([C@@H]2O[C@H](CN3CCN(c4ccc([N+](=O)[O-])cc4)CC3)C[C@H](c3ccc(CO)cc3)O2)cc1. The number of nitrogens with zero attached hydrogens (tertiary/aromatic N) is 3. The average Bonchev–Trinajstić information content (AvgIpc) is 3.07. The van der Waals surface area contributed by atoms with E-state index in [-0.39, 0.29) is 43.3 Å². The number of ether oxygens (including phenoxy) is 2. The van der Waals surface area contributed by atoms with Gasteiger partial charge in [-0.2, -0.15) is 0 Å². The summed E-state index contributed by atoms with van der Waals surface area (Å²) in [5, 5.41) is 32.0. The van der Waals surface area contributed by atoms with Crippen molar-refractivity contribution < 1.29 is 34.2 Å². The van der Waals surface area contributed by atoms with E-state index in [4.69, 9.17) is 14.6 Å². The van der Waals surface area contributed by atoms with Crippen LogP contribution < -0.4 is 10.2 Å². The molecule has 238 valence electrons. The smallest absolute Gasteiger partial charge is 0.303 e. The normalized spacial score (nSPS) is 20.5. The van der Waals surface area contributed by atoms with Gasteiger partial charge in [-0.15, -0.1) is 0 Å². The van der Waals surface area contributed by atoms with Gasteiger partial charge in [0.15, 0.2) is 6.29 Å². The third kappa shape index (κ3) is 8.85. The van der Waals surface area contributed by atoms with E-state index in [1.54, 1.807) is 12.1 Å². The number of nitrogens with one attached hydrogen (secondary N) is 1. The fraction of sp³-hybridized carbons (Fsp3) is 0.394. The molecule has 0 radical (unpaired) electrons. The first-order valence-electron chi connectivity index (χ1n) is 15.1. The standard InChI is InChI=1S/C33H38N4O8/c38-22-24-3-5-25(6-4-24)30-19-29(21-35-15-17-36(18-16-35)27-9-11-28(12-10-27)37(42)43)44-33(45-30)26-7-1-23(2-8-26)20-34-31(39)13-14-32(40)41/h1-12,29-30,33,38H,13-22H2,(H,34,39)(H,40,41)/t29-,30+,33+/m0/s1. The highest BCUT2D eigenvalue weighted by Gasteiger charge is 2.34. The summed E-state index contributed by atoms with van der Waals surface area (Å²) in [5.74, 6) is -1.32. The van der Waals surface area contributed by atoms with Crippen molar-refractivity contribution in [2.24, 2.45) is 0 Å². The molecule has 45 heavy (non-hydrogen) atoms. The molecule has 2 fully saturated rings. The van der Waals surface area contributed by atoms with Crippen molar-refractivity contribution in [1.82, 2.24) is 10.2 Å². The van der Waals surface area contributed by atoms with E-state index >= 15 is 0 Å². The number of carbonyl (C=O) groups excluding carboxylic acids is 1. The van der Waals surface area contributed by atoms with E-state index < -0.39 is 17.2 Å². The lowest BCUT2D eigenvalue weighted by molar-refractivity contribution is -0.384. The number of anilines is 1. The molecule has 12 nitrogen and oxygen atoms in total. The van der Waals surface area contributed by atoms with Gasteiger partial charge in [-0.1, -0.05) is 48.5 Å². The summed E-state index contributed by atoms with van der Waals surface area (Å²) in [6.07, 6.45) is -0.529. The predicted molar refractivity (Wildman–Crippen MR) is 165 cm³/mol. The van der Waals surface area contributed by atoms with Crippen molar-refractivity contribution in [1.29, 1.82) is 0 Å². The Morgan fingerprint density at radius 1 is 0.867 bits per heavy atom. The second-order valence-corrected chi connectivity index (χ2v) is 11.3. The van der Waals surface area contributed by atoms with Crippen LogP contribution in [0.3, 0.4) is 0 Å². The fourth-order valence-corrected chi connectivity index (χ4v) is 5.60. The summed E-state index contributed by atoms with van der Waals surface area (Å²) in [6.45, 7) is 4.23. The molecule has 2 heterocycles. The van der Waals surface area contributed by atoms with E-state index in [9.17, 15) is 24.8 Å². The zero-order valence-electron chi connectivity index (χ0n) is 24.9. The first kappa shape index (κ1) is 32.0. The molecule has 3 aromatic carbocycles. The second kappa shape index (κ2) is 15.1. The maximum atomic E-state index is 11.9. The Balaban J connectivity index is 1.22. The molecule has 12 heteroatoms. The van der Waals surface area contributed by atoms with Crippen molar-refractivity contribution in [3.05, 3.63) is 105 Å². The number of nitro benzene ring substituents is 1. The van der Waals surface area contributed by atoms with Crippen molar-refractivity contribution in [3.8, 4) is 0 Å². The van der Waals surface area contributed by atoms with Crippen LogP contribution in [0.5, 0.6) is 0 Å². The summed E-state index contributed by atoms with van der Waals surface area (Å²) < 4.78 is 13.0. The van der Waals surface area contributed by atoms with Gasteiger partial charge in [0.1, 0.15) is 0 Å². The van der Waals surface area contributed by atoms with E-state index in [1.807, 2.05) is 48.5 Å². The van der Waals surface area contributed by atoms with Gasteiger partial charge in [0, 0.05) is 75.5 Å². The van der Waals surface area contributed by atoms with E-state index in [1.165, 1.54) is 12.1 Å². The highest BCUT2D eigenvalue weighted by Crippen LogP contribution is 2.38. The van der Waals surface area contributed by atoms with Crippen molar-refractivity contribution in [3.63, 3.8) is 0 Å². The van der Waals surface area contributed by atoms with E-state index in [0.717, 1.165) is 60.7 Å². The first-order valence-corrected chi connectivity index (χ1v) is 15.1. The number of aliphatic hydroxyl groups excluding tert-OH is 1. The largest absolute Gasteiger partial charge is 0.481 e. The second-order valence-electron chi connectivity index (χ2n) is 11.3. The first-order chi connectivity index (χ1) is 21.8.